The van der Waals surface area contributed by atoms with Gasteiger partial charge in [-0.25, -0.2) is 0 Å². The van der Waals surface area contributed by atoms with E-state index >= 15 is 0 Å². The van der Waals surface area contributed by atoms with Gasteiger partial charge in [0.15, 0.2) is 18.2 Å². The van der Waals surface area contributed by atoms with E-state index in [9.17, 15) is 19.8 Å². The SMILES string of the molecule is C=C1C[C@H]2[C@@H](CC[C@H]3C[C@@H](O[C@@H]4O[C@H](COC(=O)C(C)(C)C)[C@@H](O)[C@H](OC(=O)C(C)(C)C)[C@H]4O)CC[C@@]32C)[C@@H]2C[C@@H]3O[C@]4(CC[C@@H](C)CO4)[C@@H](C)[C@@H]3[C@@]12C. The predicted molar refractivity (Wildman–Crippen MR) is 202 cm³/mol. The Bertz CT molecular complexity index is 1440. The topological polar surface area (TPSA) is 130 Å². The lowest BCUT2D eigenvalue weighted by molar-refractivity contribution is -0.319. The summed E-state index contributed by atoms with van der Waals surface area (Å²) in [6.45, 7) is 25.5. The van der Waals surface area contributed by atoms with Crippen LogP contribution in [0.4, 0.5) is 0 Å². The second kappa shape index (κ2) is 14.1. The molecule has 7 rings (SSSR count). The first-order valence-corrected chi connectivity index (χ1v) is 21.2. The second-order valence-corrected chi connectivity index (χ2v) is 21.2. The number of rotatable bonds is 5. The first-order chi connectivity index (χ1) is 25.1. The van der Waals surface area contributed by atoms with E-state index < -0.39 is 59.3 Å². The number of ether oxygens (including phenoxy) is 6. The molecule has 0 bridgehead atoms. The zero-order chi connectivity index (χ0) is 39.3. The Morgan fingerprint density at radius 3 is 2.26 bits per heavy atom. The van der Waals surface area contributed by atoms with Crippen LogP contribution in [0.25, 0.3) is 0 Å². The molecule has 7 aliphatic rings. The number of hydrogen-bond donors (Lipinski definition) is 2. The highest BCUT2D eigenvalue weighted by molar-refractivity contribution is 5.76. The quantitative estimate of drug-likeness (QED) is 0.172. The Kier molecular flexibility index (Phi) is 10.6. The molecular formula is C44H70O10. The molecule has 4 saturated carbocycles. The average Bonchev–Trinajstić information content (AvgIpc) is 3.54. The van der Waals surface area contributed by atoms with Gasteiger partial charge in [-0.3, -0.25) is 9.59 Å². The van der Waals surface area contributed by atoms with Gasteiger partial charge in [0, 0.05) is 18.3 Å². The minimum Gasteiger partial charge on any atom is -0.462 e. The van der Waals surface area contributed by atoms with E-state index in [1.54, 1.807) is 41.5 Å². The molecule has 10 nitrogen and oxygen atoms in total. The number of esters is 2. The number of aliphatic hydroxyl groups is 2. The van der Waals surface area contributed by atoms with Crippen LogP contribution in [0.1, 0.15) is 127 Å². The number of carbonyl (C=O) groups excluding carboxylic acids is 2. The summed E-state index contributed by atoms with van der Waals surface area (Å²) < 4.78 is 37.6. The normalized spacial score (nSPS) is 49.1. The van der Waals surface area contributed by atoms with Gasteiger partial charge in [0.2, 0.25) is 0 Å². The number of aliphatic hydroxyl groups excluding tert-OH is 2. The van der Waals surface area contributed by atoms with Crippen molar-refractivity contribution in [2.24, 2.45) is 63.1 Å². The molecule has 4 aliphatic carbocycles. The van der Waals surface area contributed by atoms with Gasteiger partial charge >= 0.3 is 11.9 Å². The maximum absolute atomic E-state index is 13.0. The molecule has 3 heterocycles. The monoisotopic (exact) mass is 758 g/mol. The average molecular weight is 759 g/mol. The summed E-state index contributed by atoms with van der Waals surface area (Å²) in [6, 6.07) is 0. The van der Waals surface area contributed by atoms with Crippen LogP contribution in [0.15, 0.2) is 12.2 Å². The van der Waals surface area contributed by atoms with Gasteiger partial charge in [-0.15, -0.1) is 0 Å². The standard InChI is InChI=1S/C44H70O10/c1-23-14-17-44(50-21-23)25(3)33-31(54-44)20-30-28-13-12-26-19-27(15-16-42(26,10)29(28)18-24(2)43(30,33)11)51-37-35(46)36(53-39(48)41(7,8)9)34(45)32(52-37)22-49-38(47)40(4,5)6/h23,25-37,45-46H,2,12-22H2,1,3-11H3/t23-,25+,26+,27+,28-,29+,30+,31+,32-,33+,34-,35-,36+,37-,42+,43+,44-/m1/s1. The smallest absolute Gasteiger partial charge is 0.311 e. The van der Waals surface area contributed by atoms with Crippen LogP contribution in [0, 0.1) is 63.1 Å². The van der Waals surface area contributed by atoms with Crippen LogP contribution < -0.4 is 0 Å². The van der Waals surface area contributed by atoms with Crippen molar-refractivity contribution in [1.82, 2.24) is 0 Å². The second-order valence-electron chi connectivity index (χ2n) is 21.2. The summed E-state index contributed by atoms with van der Waals surface area (Å²) in [5.74, 6) is 2.10. The highest BCUT2D eigenvalue weighted by Crippen LogP contribution is 2.72. The summed E-state index contributed by atoms with van der Waals surface area (Å²) >= 11 is 0. The zero-order valence-corrected chi connectivity index (χ0v) is 34.7. The summed E-state index contributed by atoms with van der Waals surface area (Å²) in [4.78, 5) is 25.6. The van der Waals surface area contributed by atoms with Crippen molar-refractivity contribution in [3.05, 3.63) is 12.2 Å². The van der Waals surface area contributed by atoms with Crippen LogP contribution in [0.3, 0.4) is 0 Å². The lowest BCUT2D eigenvalue weighted by atomic mass is 9.43. The van der Waals surface area contributed by atoms with E-state index in [4.69, 9.17) is 35.0 Å². The molecule has 2 N–H and O–H groups in total. The lowest BCUT2D eigenvalue weighted by Crippen LogP contribution is -2.62. The van der Waals surface area contributed by atoms with Crippen molar-refractivity contribution in [2.75, 3.05) is 13.2 Å². The molecule has 306 valence electrons. The number of fused-ring (bicyclic) bond motifs is 7. The number of hydrogen-bond acceptors (Lipinski definition) is 10. The van der Waals surface area contributed by atoms with E-state index in [1.165, 1.54) is 12.0 Å². The van der Waals surface area contributed by atoms with Gasteiger partial charge < -0.3 is 38.6 Å². The fourth-order valence-corrected chi connectivity index (χ4v) is 12.4. The van der Waals surface area contributed by atoms with Crippen molar-refractivity contribution >= 4 is 11.9 Å². The van der Waals surface area contributed by atoms with Gasteiger partial charge in [-0.1, -0.05) is 39.8 Å². The maximum Gasteiger partial charge on any atom is 0.311 e. The largest absolute Gasteiger partial charge is 0.462 e. The van der Waals surface area contributed by atoms with Gasteiger partial charge in [-0.2, -0.15) is 0 Å². The molecular weight excluding hydrogens is 688 g/mol. The van der Waals surface area contributed by atoms with Crippen molar-refractivity contribution in [1.29, 1.82) is 0 Å². The highest BCUT2D eigenvalue weighted by atomic mass is 16.7. The van der Waals surface area contributed by atoms with Gasteiger partial charge in [0.1, 0.15) is 24.9 Å². The van der Waals surface area contributed by atoms with Crippen molar-refractivity contribution in [3.8, 4) is 0 Å². The minimum absolute atomic E-state index is 0.0500. The predicted octanol–water partition coefficient (Wildman–Crippen LogP) is 6.98. The third-order valence-electron chi connectivity index (χ3n) is 15.8. The molecule has 17 atom stereocenters. The number of allylic oxidation sites excluding steroid dienone is 1. The zero-order valence-electron chi connectivity index (χ0n) is 34.7. The van der Waals surface area contributed by atoms with Crippen LogP contribution in [-0.2, 0) is 38.0 Å². The first-order valence-electron chi connectivity index (χ1n) is 21.2. The van der Waals surface area contributed by atoms with E-state index in [1.807, 2.05) is 0 Å². The van der Waals surface area contributed by atoms with Crippen LogP contribution in [0.2, 0.25) is 0 Å². The third kappa shape index (κ3) is 6.72. The molecule has 10 heteroatoms. The Morgan fingerprint density at radius 1 is 0.907 bits per heavy atom. The van der Waals surface area contributed by atoms with E-state index in [0.29, 0.717) is 41.4 Å². The third-order valence-corrected chi connectivity index (χ3v) is 15.8. The molecule has 0 aromatic heterocycles. The van der Waals surface area contributed by atoms with Crippen molar-refractivity contribution in [3.63, 3.8) is 0 Å². The molecule has 1 spiro atoms. The maximum atomic E-state index is 13.0. The summed E-state index contributed by atoms with van der Waals surface area (Å²) in [5.41, 5.74) is -0.0146. The van der Waals surface area contributed by atoms with Gasteiger partial charge in [0.05, 0.1) is 29.6 Å². The van der Waals surface area contributed by atoms with Crippen LogP contribution in [-0.4, -0.2) is 84.1 Å². The van der Waals surface area contributed by atoms with Gasteiger partial charge in [0.25, 0.3) is 0 Å². The molecule has 7 fully saturated rings. The summed E-state index contributed by atoms with van der Waals surface area (Å²) in [7, 11) is 0. The Balaban J connectivity index is 1.04. The highest BCUT2D eigenvalue weighted by Gasteiger charge is 2.70. The summed E-state index contributed by atoms with van der Waals surface area (Å²) in [5, 5.41) is 22.8. The number of carbonyl (C=O) groups is 2. The Morgan fingerprint density at radius 2 is 1.61 bits per heavy atom. The van der Waals surface area contributed by atoms with Crippen molar-refractivity contribution in [2.45, 2.75) is 176 Å². The van der Waals surface area contributed by atoms with Crippen LogP contribution >= 0.6 is 0 Å². The van der Waals surface area contributed by atoms with Gasteiger partial charge in [-0.05, 0) is 133 Å². The molecule has 3 saturated heterocycles. The lowest BCUT2D eigenvalue weighted by Gasteiger charge is -2.62. The Hall–Kier alpha value is -1.56. The minimum atomic E-state index is -1.42. The van der Waals surface area contributed by atoms with E-state index in [0.717, 1.165) is 58.0 Å². The van der Waals surface area contributed by atoms with E-state index in [-0.39, 0.29) is 29.6 Å². The Labute approximate surface area is 323 Å². The molecule has 0 aromatic rings. The fourth-order valence-electron chi connectivity index (χ4n) is 12.4. The molecule has 3 aliphatic heterocycles. The fraction of sp³-hybridized carbons (Fsp3) is 0.909. The molecule has 0 unspecified atom stereocenters. The summed E-state index contributed by atoms with van der Waals surface area (Å²) in [6.07, 6.45) is 2.92. The van der Waals surface area contributed by atoms with Crippen LogP contribution in [0.5, 0.6) is 0 Å². The first kappa shape index (κ1) is 40.6. The molecule has 0 aromatic carbocycles. The molecule has 0 amide bonds. The van der Waals surface area contributed by atoms with Crippen molar-refractivity contribution < 1.29 is 48.2 Å². The molecule has 54 heavy (non-hydrogen) atoms. The van der Waals surface area contributed by atoms with E-state index in [2.05, 4.69) is 27.7 Å². The molecule has 0 radical (unpaired) electrons.